The average Bonchev–Trinajstić information content (AvgIpc) is 2.91. The molecule has 21 heavy (non-hydrogen) atoms. The van der Waals surface area contributed by atoms with Crippen molar-refractivity contribution in [2.45, 2.75) is 51.8 Å². The number of ether oxygens (including phenoxy) is 1. The maximum absolute atomic E-state index is 6.12. The number of hydrogen-bond donors (Lipinski definition) is 1. The van der Waals surface area contributed by atoms with E-state index in [0.717, 1.165) is 37.7 Å². The summed E-state index contributed by atoms with van der Waals surface area (Å²) in [7, 11) is 0. The first-order valence-corrected chi connectivity index (χ1v) is 8.39. The van der Waals surface area contributed by atoms with Gasteiger partial charge in [0.1, 0.15) is 11.9 Å². The number of rotatable bonds is 4. The SMILES string of the molecule is CCC(C)C1CN(CC2Cc3ccccc3O2)C(C)CN1. The fourth-order valence-electron chi connectivity index (χ4n) is 3.49. The van der Waals surface area contributed by atoms with Crippen LogP contribution >= 0.6 is 0 Å². The Labute approximate surface area is 128 Å². The van der Waals surface area contributed by atoms with Gasteiger partial charge in [-0.1, -0.05) is 38.5 Å². The molecular formula is C18H28N2O. The summed E-state index contributed by atoms with van der Waals surface area (Å²) in [5, 5.41) is 3.71. The first-order chi connectivity index (χ1) is 10.2. The van der Waals surface area contributed by atoms with Gasteiger partial charge in [-0.05, 0) is 24.5 Å². The molecule has 3 nitrogen and oxygen atoms in total. The van der Waals surface area contributed by atoms with E-state index in [1.54, 1.807) is 0 Å². The number of nitrogens with zero attached hydrogens (tertiary/aromatic N) is 1. The van der Waals surface area contributed by atoms with Crippen LogP contribution in [0.5, 0.6) is 5.75 Å². The van der Waals surface area contributed by atoms with E-state index >= 15 is 0 Å². The molecule has 1 aromatic rings. The van der Waals surface area contributed by atoms with Crippen LogP contribution < -0.4 is 10.1 Å². The fourth-order valence-corrected chi connectivity index (χ4v) is 3.49. The second-order valence-corrected chi connectivity index (χ2v) is 6.75. The lowest BCUT2D eigenvalue weighted by Gasteiger charge is -2.41. The smallest absolute Gasteiger partial charge is 0.123 e. The molecule has 4 unspecified atom stereocenters. The van der Waals surface area contributed by atoms with Gasteiger partial charge in [0.15, 0.2) is 0 Å². The minimum absolute atomic E-state index is 0.320. The molecule has 1 saturated heterocycles. The Hall–Kier alpha value is -1.06. The number of fused-ring (bicyclic) bond motifs is 1. The molecule has 3 heteroatoms. The molecule has 0 amide bonds. The molecule has 2 aliphatic heterocycles. The van der Waals surface area contributed by atoms with Crippen LogP contribution in [0.4, 0.5) is 0 Å². The molecule has 0 radical (unpaired) electrons. The summed E-state index contributed by atoms with van der Waals surface area (Å²) in [5.74, 6) is 1.82. The topological polar surface area (TPSA) is 24.5 Å². The molecule has 4 atom stereocenters. The summed E-state index contributed by atoms with van der Waals surface area (Å²) in [6.07, 6.45) is 2.62. The second kappa shape index (κ2) is 6.37. The third kappa shape index (κ3) is 3.24. The molecular weight excluding hydrogens is 260 g/mol. The quantitative estimate of drug-likeness (QED) is 0.922. The van der Waals surface area contributed by atoms with Crippen molar-refractivity contribution in [3.8, 4) is 5.75 Å². The summed E-state index contributed by atoms with van der Waals surface area (Å²) in [5.41, 5.74) is 1.36. The molecule has 2 heterocycles. The van der Waals surface area contributed by atoms with E-state index in [0.29, 0.717) is 18.2 Å². The molecule has 1 fully saturated rings. The van der Waals surface area contributed by atoms with E-state index < -0.39 is 0 Å². The highest BCUT2D eigenvalue weighted by atomic mass is 16.5. The van der Waals surface area contributed by atoms with Gasteiger partial charge in [-0.25, -0.2) is 0 Å². The standard InChI is InChI=1S/C18H28N2O/c1-4-13(2)17-12-20(14(3)10-19-17)11-16-9-15-7-5-6-8-18(15)21-16/h5-8,13-14,16-17,19H,4,9-12H2,1-3H3. The van der Waals surface area contributed by atoms with Gasteiger partial charge < -0.3 is 10.1 Å². The highest BCUT2D eigenvalue weighted by Gasteiger charge is 2.31. The minimum Gasteiger partial charge on any atom is -0.488 e. The van der Waals surface area contributed by atoms with Gasteiger partial charge in [0, 0.05) is 38.1 Å². The van der Waals surface area contributed by atoms with Crippen LogP contribution in [-0.4, -0.2) is 42.7 Å². The molecule has 116 valence electrons. The minimum atomic E-state index is 0.320. The van der Waals surface area contributed by atoms with Crippen LogP contribution in [0.3, 0.4) is 0 Å². The molecule has 2 aliphatic rings. The van der Waals surface area contributed by atoms with E-state index in [2.05, 4.69) is 55.3 Å². The summed E-state index contributed by atoms with van der Waals surface area (Å²) < 4.78 is 6.12. The van der Waals surface area contributed by atoms with Crippen LogP contribution in [0, 0.1) is 5.92 Å². The molecule has 0 spiro atoms. The summed E-state index contributed by atoms with van der Waals surface area (Å²) in [6, 6.07) is 9.68. The first-order valence-electron chi connectivity index (χ1n) is 8.39. The van der Waals surface area contributed by atoms with Gasteiger partial charge in [0.2, 0.25) is 0 Å². The van der Waals surface area contributed by atoms with Crippen LogP contribution in [-0.2, 0) is 6.42 Å². The Morgan fingerprint density at radius 3 is 2.95 bits per heavy atom. The van der Waals surface area contributed by atoms with Crippen LogP contribution in [0.25, 0.3) is 0 Å². The lowest BCUT2D eigenvalue weighted by atomic mass is 9.95. The van der Waals surface area contributed by atoms with Gasteiger partial charge >= 0.3 is 0 Å². The van der Waals surface area contributed by atoms with Gasteiger partial charge in [-0.3, -0.25) is 4.90 Å². The van der Waals surface area contributed by atoms with Crippen LogP contribution in [0.1, 0.15) is 32.8 Å². The van der Waals surface area contributed by atoms with Crippen molar-refractivity contribution in [3.05, 3.63) is 29.8 Å². The van der Waals surface area contributed by atoms with E-state index in [4.69, 9.17) is 4.74 Å². The lowest BCUT2D eigenvalue weighted by Crippen LogP contribution is -2.58. The van der Waals surface area contributed by atoms with Crippen molar-refractivity contribution in [1.29, 1.82) is 0 Å². The Morgan fingerprint density at radius 1 is 1.38 bits per heavy atom. The average molecular weight is 288 g/mol. The van der Waals surface area contributed by atoms with Crippen molar-refractivity contribution in [3.63, 3.8) is 0 Å². The second-order valence-electron chi connectivity index (χ2n) is 6.75. The summed E-state index contributed by atoms with van der Waals surface area (Å²) >= 11 is 0. The first kappa shape index (κ1) is 14.9. The zero-order valence-electron chi connectivity index (χ0n) is 13.5. The molecule has 0 saturated carbocycles. The Balaban J connectivity index is 1.59. The summed E-state index contributed by atoms with van der Waals surface area (Å²) in [6.45, 7) is 10.2. The normalized spacial score (nSPS) is 30.7. The maximum atomic E-state index is 6.12. The predicted octanol–water partition coefficient (Wildman–Crippen LogP) is 2.70. The van der Waals surface area contributed by atoms with Crippen molar-refractivity contribution >= 4 is 0 Å². The largest absolute Gasteiger partial charge is 0.488 e. The maximum Gasteiger partial charge on any atom is 0.123 e. The molecule has 1 aromatic carbocycles. The lowest BCUT2D eigenvalue weighted by molar-refractivity contribution is 0.0753. The highest BCUT2D eigenvalue weighted by Crippen LogP contribution is 2.29. The van der Waals surface area contributed by atoms with Gasteiger partial charge in [-0.2, -0.15) is 0 Å². The third-order valence-corrected chi connectivity index (χ3v) is 5.21. The van der Waals surface area contributed by atoms with Gasteiger partial charge in [-0.15, -0.1) is 0 Å². The van der Waals surface area contributed by atoms with Crippen molar-refractivity contribution in [2.75, 3.05) is 19.6 Å². The monoisotopic (exact) mass is 288 g/mol. The molecule has 0 aromatic heterocycles. The zero-order valence-corrected chi connectivity index (χ0v) is 13.5. The van der Waals surface area contributed by atoms with Crippen LogP contribution in [0.2, 0.25) is 0 Å². The van der Waals surface area contributed by atoms with E-state index in [1.165, 1.54) is 12.0 Å². The van der Waals surface area contributed by atoms with Crippen molar-refractivity contribution < 1.29 is 4.74 Å². The predicted molar refractivity (Wildman–Crippen MR) is 86.8 cm³/mol. The van der Waals surface area contributed by atoms with Crippen molar-refractivity contribution in [1.82, 2.24) is 10.2 Å². The van der Waals surface area contributed by atoms with Gasteiger partial charge in [0.05, 0.1) is 0 Å². The fraction of sp³-hybridized carbons (Fsp3) is 0.667. The molecule has 0 bridgehead atoms. The summed E-state index contributed by atoms with van der Waals surface area (Å²) in [4.78, 5) is 2.61. The van der Waals surface area contributed by atoms with E-state index in [-0.39, 0.29) is 0 Å². The molecule has 1 N–H and O–H groups in total. The van der Waals surface area contributed by atoms with E-state index in [1.807, 2.05) is 0 Å². The van der Waals surface area contributed by atoms with Crippen LogP contribution in [0.15, 0.2) is 24.3 Å². The third-order valence-electron chi connectivity index (χ3n) is 5.21. The Kier molecular flexibility index (Phi) is 4.51. The highest BCUT2D eigenvalue weighted by molar-refractivity contribution is 5.37. The molecule has 0 aliphatic carbocycles. The zero-order chi connectivity index (χ0) is 14.8. The number of piperazine rings is 1. The number of hydrogen-bond acceptors (Lipinski definition) is 3. The Morgan fingerprint density at radius 2 is 2.19 bits per heavy atom. The Bertz CT molecular complexity index is 451. The number of nitrogens with one attached hydrogen (secondary N) is 1. The molecule has 3 rings (SSSR count). The van der Waals surface area contributed by atoms with Crippen molar-refractivity contribution in [2.24, 2.45) is 5.92 Å². The van der Waals surface area contributed by atoms with Gasteiger partial charge in [0.25, 0.3) is 0 Å². The van der Waals surface area contributed by atoms with E-state index in [9.17, 15) is 0 Å². The number of para-hydroxylation sites is 1. The number of benzene rings is 1.